The number of nitrogens with one attached hydrogen (secondary N) is 1. The molecule has 1 saturated heterocycles. The number of aryl methyl sites for hydroxylation is 2. The van der Waals surface area contributed by atoms with E-state index < -0.39 is 0 Å². The Balaban J connectivity index is 0.00000196. The monoisotopic (exact) mass is 443 g/mol. The van der Waals surface area contributed by atoms with Gasteiger partial charge in [-0.05, 0) is 55.0 Å². The topological polar surface area (TPSA) is 58.4 Å². The van der Waals surface area contributed by atoms with Gasteiger partial charge in [0.15, 0.2) is 0 Å². The summed E-state index contributed by atoms with van der Waals surface area (Å²) < 4.78 is 0. The van der Waals surface area contributed by atoms with Gasteiger partial charge in [-0.15, -0.1) is 24.8 Å². The molecule has 0 aromatic heterocycles. The van der Waals surface area contributed by atoms with Gasteiger partial charge in [0, 0.05) is 42.5 Å². The van der Waals surface area contributed by atoms with Gasteiger partial charge in [-0.1, -0.05) is 35.9 Å². The van der Waals surface area contributed by atoms with Gasteiger partial charge in [-0.25, -0.2) is 0 Å². The Morgan fingerprint density at radius 3 is 2.75 bits per heavy atom. The van der Waals surface area contributed by atoms with Crippen molar-refractivity contribution in [3.63, 3.8) is 0 Å². The molecule has 154 valence electrons. The normalized spacial score (nSPS) is 15.5. The number of anilines is 2. The maximum absolute atomic E-state index is 12.2. The number of benzene rings is 2. The lowest BCUT2D eigenvalue weighted by molar-refractivity contribution is -0.121. The largest absolute Gasteiger partial charge is 0.399 e. The van der Waals surface area contributed by atoms with Crippen molar-refractivity contribution in [2.45, 2.75) is 26.2 Å². The smallest absolute Gasteiger partial charge is 0.220 e. The summed E-state index contributed by atoms with van der Waals surface area (Å²) in [5, 5.41) is 3.85. The SMILES string of the molecule is Cc1ccc(Cl)cc1N1CCC(CNC(=O)CCc2ccccc2N)C1.Cl.Cl. The number of hydrogen-bond donors (Lipinski definition) is 2. The van der Waals surface area contributed by atoms with E-state index in [2.05, 4.69) is 23.2 Å². The quantitative estimate of drug-likeness (QED) is 0.638. The highest BCUT2D eigenvalue weighted by atomic mass is 35.5. The summed E-state index contributed by atoms with van der Waals surface area (Å²) in [7, 11) is 0. The Labute approximate surface area is 184 Å². The first-order valence-electron chi connectivity index (χ1n) is 9.14. The molecule has 0 bridgehead atoms. The lowest BCUT2D eigenvalue weighted by Gasteiger charge is -2.21. The zero-order valence-electron chi connectivity index (χ0n) is 16.0. The Morgan fingerprint density at radius 1 is 1.25 bits per heavy atom. The highest BCUT2D eigenvalue weighted by molar-refractivity contribution is 6.30. The molecule has 3 N–H and O–H groups in total. The van der Waals surface area contributed by atoms with Crippen LogP contribution < -0.4 is 16.0 Å². The molecule has 1 heterocycles. The number of carbonyl (C=O) groups excluding carboxylic acids is 1. The van der Waals surface area contributed by atoms with Crippen LogP contribution in [0.5, 0.6) is 0 Å². The zero-order chi connectivity index (χ0) is 18.5. The van der Waals surface area contributed by atoms with Gasteiger partial charge >= 0.3 is 0 Å². The van der Waals surface area contributed by atoms with Crippen molar-refractivity contribution < 1.29 is 4.79 Å². The molecule has 1 fully saturated rings. The molecule has 0 spiro atoms. The van der Waals surface area contributed by atoms with Crippen molar-refractivity contribution in [3.8, 4) is 0 Å². The summed E-state index contributed by atoms with van der Waals surface area (Å²) >= 11 is 6.14. The third-order valence-corrected chi connectivity index (χ3v) is 5.30. The first kappa shape index (κ1) is 24.4. The van der Waals surface area contributed by atoms with Gasteiger partial charge in [0.2, 0.25) is 5.91 Å². The second-order valence-electron chi connectivity index (χ2n) is 7.03. The van der Waals surface area contributed by atoms with E-state index in [0.717, 1.165) is 42.3 Å². The fourth-order valence-electron chi connectivity index (χ4n) is 3.50. The molecule has 1 aliphatic rings. The third-order valence-electron chi connectivity index (χ3n) is 5.06. The number of hydrogen-bond acceptors (Lipinski definition) is 3. The van der Waals surface area contributed by atoms with Gasteiger partial charge in [0.1, 0.15) is 0 Å². The van der Waals surface area contributed by atoms with E-state index in [4.69, 9.17) is 17.3 Å². The fourth-order valence-corrected chi connectivity index (χ4v) is 3.66. The summed E-state index contributed by atoms with van der Waals surface area (Å²) in [4.78, 5) is 14.5. The van der Waals surface area contributed by atoms with Crippen LogP contribution >= 0.6 is 36.4 Å². The lowest BCUT2D eigenvalue weighted by atomic mass is 10.1. The van der Waals surface area contributed by atoms with Crippen molar-refractivity contribution in [1.29, 1.82) is 0 Å². The molecule has 1 amide bonds. The molecule has 3 rings (SSSR count). The number of amides is 1. The molecule has 2 aromatic rings. The van der Waals surface area contributed by atoms with Crippen LogP contribution in [0.2, 0.25) is 5.02 Å². The molecule has 0 radical (unpaired) electrons. The highest BCUT2D eigenvalue weighted by Gasteiger charge is 2.24. The maximum Gasteiger partial charge on any atom is 0.220 e. The highest BCUT2D eigenvalue weighted by Crippen LogP contribution is 2.29. The van der Waals surface area contributed by atoms with E-state index >= 15 is 0 Å². The molecule has 0 aliphatic carbocycles. The number of carbonyl (C=O) groups is 1. The van der Waals surface area contributed by atoms with Crippen molar-refractivity contribution in [2.24, 2.45) is 5.92 Å². The number of nitrogens with zero attached hydrogens (tertiary/aromatic N) is 1. The van der Waals surface area contributed by atoms with Gasteiger partial charge < -0.3 is 16.0 Å². The van der Waals surface area contributed by atoms with E-state index in [9.17, 15) is 4.79 Å². The molecule has 7 heteroatoms. The predicted molar refractivity (Wildman–Crippen MR) is 123 cm³/mol. The predicted octanol–water partition coefficient (Wildman–Crippen LogP) is 4.65. The lowest BCUT2D eigenvalue weighted by Crippen LogP contribution is -2.31. The average molecular weight is 445 g/mol. The summed E-state index contributed by atoms with van der Waals surface area (Å²) in [6.45, 7) is 4.78. The van der Waals surface area contributed by atoms with Crippen molar-refractivity contribution in [3.05, 3.63) is 58.6 Å². The average Bonchev–Trinajstić information content (AvgIpc) is 3.10. The third kappa shape index (κ3) is 6.47. The van der Waals surface area contributed by atoms with Crippen LogP contribution in [0.25, 0.3) is 0 Å². The molecule has 2 aromatic carbocycles. The maximum atomic E-state index is 12.2. The summed E-state index contributed by atoms with van der Waals surface area (Å²) in [5.41, 5.74) is 10.1. The van der Waals surface area contributed by atoms with Crippen LogP contribution in [0.15, 0.2) is 42.5 Å². The summed E-state index contributed by atoms with van der Waals surface area (Å²) in [6.07, 6.45) is 2.23. The number of para-hydroxylation sites is 1. The van der Waals surface area contributed by atoms with E-state index in [1.54, 1.807) is 0 Å². The first-order chi connectivity index (χ1) is 12.5. The molecular weight excluding hydrogens is 417 g/mol. The van der Waals surface area contributed by atoms with Gasteiger partial charge in [-0.3, -0.25) is 4.79 Å². The van der Waals surface area contributed by atoms with Crippen LogP contribution in [0, 0.1) is 12.8 Å². The minimum Gasteiger partial charge on any atom is -0.399 e. The minimum absolute atomic E-state index is 0. The molecule has 28 heavy (non-hydrogen) atoms. The van der Waals surface area contributed by atoms with E-state index in [-0.39, 0.29) is 30.7 Å². The zero-order valence-corrected chi connectivity index (χ0v) is 18.4. The Bertz CT molecular complexity index is 785. The van der Waals surface area contributed by atoms with Gasteiger partial charge in [0.25, 0.3) is 0 Å². The first-order valence-corrected chi connectivity index (χ1v) is 9.52. The van der Waals surface area contributed by atoms with Crippen molar-refractivity contribution >= 4 is 53.7 Å². The molecule has 0 saturated carbocycles. The molecule has 1 aliphatic heterocycles. The van der Waals surface area contributed by atoms with Crippen LogP contribution in [0.1, 0.15) is 24.0 Å². The van der Waals surface area contributed by atoms with Gasteiger partial charge in [-0.2, -0.15) is 0 Å². The summed E-state index contributed by atoms with van der Waals surface area (Å²) in [5.74, 6) is 0.560. The van der Waals surface area contributed by atoms with Gasteiger partial charge in [0.05, 0.1) is 0 Å². The van der Waals surface area contributed by atoms with Crippen LogP contribution in [0.3, 0.4) is 0 Å². The van der Waals surface area contributed by atoms with Crippen LogP contribution in [-0.2, 0) is 11.2 Å². The molecule has 1 unspecified atom stereocenters. The second kappa shape index (κ2) is 11.4. The molecular formula is C21H28Cl3N3O. The second-order valence-corrected chi connectivity index (χ2v) is 7.47. The Kier molecular flexibility index (Phi) is 9.94. The Hall–Kier alpha value is -1.62. The van der Waals surface area contributed by atoms with E-state index in [0.29, 0.717) is 18.8 Å². The fraction of sp³-hybridized carbons (Fsp3) is 0.381. The van der Waals surface area contributed by atoms with Crippen LogP contribution in [-0.4, -0.2) is 25.5 Å². The number of rotatable bonds is 6. The number of halogens is 3. The Morgan fingerprint density at radius 2 is 2.00 bits per heavy atom. The molecule has 4 nitrogen and oxygen atoms in total. The minimum atomic E-state index is 0. The number of nitrogens with two attached hydrogens (primary N) is 1. The van der Waals surface area contributed by atoms with Crippen molar-refractivity contribution in [1.82, 2.24) is 5.32 Å². The van der Waals surface area contributed by atoms with E-state index in [1.165, 1.54) is 11.3 Å². The number of nitrogen functional groups attached to an aromatic ring is 1. The standard InChI is InChI=1S/C21H26ClN3O.2ClH/c1-15-6-8-18(22)12-20(15)25-11-10-16(14-25)13-24-21(26)9-7-17-4-2-3-5-19(17)23;;/h2-6,8,12,16H,7,9-11,13-14,23H2,1H3,(H,24,26);2*1H. The molecule has 1 atom stereocenters. The summed E-state index contributed by atoms with van der Waals surface area (Å²) in [6, 6.07) is 13.7. The van der Waals surface area contributed by atoms with E-state index in [1.807, 2.05) is 36.4 Å². The van der Waals surface area contributed by atoms with Crippen LogP contribution in [0.4, 0.5) is 11.4 Å². The van der Waals surface area contributed by atoms with Crippen molar-refractivity contribution in [2.75, 3.05) is 30.3 Å².